The summed E-state index contributed by atoms with van der Waals surface area (Å²) in [6, 6.07) is 5.27. The molecule has 18 heavy (non-hydrogen) atoms. The Labute approximate surface area is 116 Å². The van der Waals surface area contributed by atoms with Crippen molar-refractivity contribution < 1.29 is 0 Å². The zero-order valence-electron chi connectivity index (χ0n) is 9.95. The monoisotopic (exact) mass is 281 g/mol. The lowest BCUT2D eigenvalue weighted by molar-refractivity contribution is 0.919. The highest BCUT2D eigenvalue weighted by molar-refractivity contribution is 6.35. The molecule has 1 aromatic carbocycles. The first-order valence-corrected chi connectivity index (χ1v) is 6.41. The molecule has 0 radical (unpaired) electrons. The van der Waals surface area contributed by atoms with Gasteiger partial charge in [0.1, 0.15) is 0 Å². The Kier molecular flexibility index (Phi) is 4.17. The normalized spacial score (nSPS) is 10.7. The Balaban J connectivity index is 2.50. The molecular formula is C13H13Cl2N3. The van der Waals surface area contributed by atoms with Gasteiger partial charge in [0.25, 0.3) is 0 Å². The molecule has 0 amide bonds. The zero-order valence-corrected chi connectivity index (χ0v) is 11.5. The first kappa shape index (κ1) is 13.3. The van der Waals surface area contributed by atoms with Crippen LogP contribution in [0.3, 0.4) is 0 Å². The van der Waals surface area contributed by atoms with Crippen LogP contribution in [0.4, 0.5) is 0 Å². The lowest BCUT2D eigenvalue weighted by Gasteiger charge is -2.07. The number of benzene rings is 1. The molecule has 2 rings (SSSR count). The molecule has 0 saturated heterocycles. The third kappa shape index (κ3) is 2.80. The summed E-state index contributed by atoms with van der Waals surface area (Å²) >= 11 is 11.9. The van der Waals surface area contributed by atoms with Gasteiger partial charge >= 0.3 is 0 Å². The molecule has 94 valence electrons. The summed E-state index contributed by atoms with van der Waals surface area (Å²) in [4.78, 5) is 8.81. The first-order valence-electron chi connectivity index (χ1n) is 5.65. The van der Waals surface area contributed by atoms with Crippen LogP contribution in [-0.4, -0.2) is 9.97 Å². The second-order valence-electron chi connectivity index (χ2n) is 3.88. The molecule has 0 fully saturated rings. The van der Waals surface area contributed by atoms with E-state index in [-0.39, 0.29) is 0 Å². The average Bonchev–Trinajstić information content (AvgIpc) is 2.36. The van der Waals surface area contributed by atoms with Crippen molar-refractivity contribution in [3.05, 3.63) is 45.7 Å². The standard InChI is InChI=1S/C13H13Cl2N3/c1-2-12-9(6-16)7-17-13(18-12)8-3-10(14)5-11(15)4-8/h3-5,7H,2,6,16H2,1H3. The van der Waals surface area contributed by atoms with E-state index >= 15 is 0 Å². The molecule has 1 heterocycles. The number of aryl methyl sites for hydroxylation is 1. The minimum Gasteiger partial charge on any atom is -0.326 e. The molecule has 5 heteroatoms. The van der Waals surface area contributed by atoms with Crippen LogP contribution in [-0.2, 0) is 13.0 Å². The van der Waals surface area contributed by atoms with E-state index in [1.165, 1.54) is 0 Å². The zero-order chi connectivity index (χ0) is 13.1. The Morgan fingerprint density at radius 2 is 1.83 bits per heavy atom. The topological polar surface area (TPSA) is 51.8 Å². The van der Waals surface area contributed by atoms with Crippen molar-refractivity contribution >= 4 is 23.2 Å². The number of halogens is 2. The highest BCUT2D eigenvalue weighted by atomic mass is 35.5. The summed E-state index contributed by atoms with van der Waals surface area (Å²) in [5, 5.41) is 1.14. The highest BCUT2D eigenvalue weighted by Crippen LogP contribution is 2.25. The van der Waals surface area contributed by atoms with Crippen molar-refractivity contribution in [2.75, 3.05) is 0 Å². The van der Waals surface area contributed by atoms with E-state index in [4.69, 9.17) is 28.9 Å². The van der Waals surface area contributed by atoms with Crippen LogP contribution in [0.5, 0.6) is 0 Å². The summed E-state index contributed by atoms with van der Waals surface area (Å²) in [5.41, 5.74) is 8.38. The maximum absolute atomic E-state index is 5.97. The van der Waals surface area contributed by atoms with Crippen molar-refractivity contribution in [1.82, 2.24) is 9.97 Å². The van der Waals surface area contributed by atoms with E-state index in [1.54, 1.807) is 24.4 Å². The van der Waals surface area contributed by atoms with E-state index in [2.05, 4.69) is 9.97 Å². The summed E-state index contributed by atoms with van der Waals surface area (Å²) in [6.45, 7) is 2.48. The van der Waals surface area contributed by atoms with Crippen molar-refractivity contribution in [1.29, 1.82) is 0 Å². The molecule has 3 nitrogen and oxygen atoms in total. The predicted octanol–water partition coefficient (Wildman–Crippen LogP) is 3.47. The van der Waals surface area contributed by atoms with Crippen LogP contribution in [0.25, 0.3) is 11.4 Å². The third-order valence-electron chi connectivity index (χ3n) is 2.63. The van der Waals surface area contributed by atoms with Crippen molar-refractivity contribution in [2.24, 2.45) is 5.73 Å². The molecule has 0 atom stereocenters. The molecule has 2 N–H and O–H groups in total. The van der Waals surface area contributed by atoms with Crippen LogP contribution in [0.15, 0.2) is 24.4 Å². The van der Waals surface area contributed by atoms with Gasteiger partial charge < -0.3 is 5.73 Å². The van der Waals surface area contributed by atoms with Gasteiger partial charge in [0.2, 0.25) is 0 Å². The fourth-order valence-electron chi connectivity index (χ4n) is 1.74. The van der Waals surface area contributed by atoms with Crippen molar-refractivity contribution in [3.63, 3.8) is 0 Å². The molecule has 0 aliphatic heterocycles. The first-order chi connectivity index (χ1) is 8.63. The molecule has 0 unspecified atom stereocenters. The van der Waals surface area contributed by atoms with Gasteiger partial charge in [-0.3, -0.25) is 0 Å². The van der Waals surface area contributed by atoms with Crippen LogP contribution in [0, 0.1) is 0 Å². The number of hydrogen-bond donors (Lipinski definition) is 1. The molecule has 0 aliphatic rings. The summed E-state index contributed by atoms with van der Waals surface area (Å²) in [5.74, 6) is 0.619. The number of hydrogen-bond acceptors (Lipinski definition) is 3. The van der Waals surface area contributed by atoms with E-state index in [1.807, 2.05) is 6.92 Å². The van der Waals surface area contributed by atoms with Gasteiger partial charge in [-0.15, -0.1) is 0 Å². The molecule has 0 spiro atoms. The minimum atomic E-state index is 0.444. The van der Waals surface area contributed by atoms with Crippen molar-refractivity contribution in [2.45, 2.75) is 19.9 Å². The molecule has 2 aromatic rings. The van der Waals surface area contributed by atoms with Crippen molar-refractivity contribution in [3.8, 4) is 11.4 Å². The summed E-state index contributed by atoms with van der Waals surface area (Å²) in [6.07, 6.45) is 2.58. The van der Waals surface area contributed by atoms with E-state index in [9.17, 15) is 0 Å². The Hall–Kier alpha value is -1.16. The molecular weight excluding hydrogens is 269 g/mol. The number of nitrogens with two attached hydrogens (primary N) is 1. The van der Waals surface area contributed by atoms with Gasteiger partial charge in [-0.1, -0.05) is 30.1 Å². The van der Waals surface area contributed by atoms with Crippen LogP contribution in [0.2, 0.25) is 10.0 Å². The Morgan fingerprint density at radius 3 is 2.39 bits per heavy atom. The Bertz CT molecular complexity index is 550. The summed E-state index contributed by atoms with van der Waals surface area (Å²) < 4.78 is 0. The quantitative estimate of drug-likeness (QED) is 0.937. The van der Waals surface area contributed by atoms with E-state index < -0.39 is 0 Å². The maximum atomic E-state index is 5.97. The van der Waals surface area contributed by atoms with Gasteiger partial charge in [-0.25, -0.2) is 9.97 Å². The fraction of sp³-hybridized carbons (Fsp3) is 0.231. The number of aromatic nitrogens is 2. The highest BCUT2D eigenvalue weighted by Gasteiger charge is 2.08. The molecule has 0 saturated carbocycles. The van der Waals surface area contributed by atoms with Gasteiger partial charge in [-0.2, -0.15) is 0 Å². The molecule has 0 aliphatic carbocycles. The number of nitrogens with zero attached hydrogens (tertiary/aromatic N) is 2. The lowest BCUT2D eigenvalue weighted by atomic mass is 10.1. The number of rotatable bonds is 3. The largest absolute Gasteiger partial charge is 0.326 e. The summed E-state index contributed by atoms with van der Waals surface area (Å²) in [7, 11) is 0. The van der Waals surface area contributed by atoms with Gasteiger partial charge in [-0.05, 0) is 24.6 Å². The molecule has 0 bridgehead atoms. The molecule has 1 aromatic heterocycles. The van der Waals surface area contributed by atoms with E-state index in [0.717, 1.165) is 23.2 Å². The Morgan fingerprint density at radius 1 is 1.17 bits per heavy atom. The fourth-order valence-corrected chi connectivity index (χ4v) is 2.27. The van der Waals surface area contributed by atoms with Gasteiger partial charge in [0.05, 0.1) is 0 Å². The minimum absolute atomic E-state index is 0.444. The predicted molar refractivity (Wildman–Crippen MR) is 74.8 cm³/mol. The van der Waals surface area contributed by atoms with Crippen LogP contribution in [0.1, 0.15) is 18.2 Å². The smallest absolute Gasteiger partial charge is 0.159 e. The third-order valence-corrected chi connectivity index (χ3v) is 3.07. The van der Waals surface area contributed by atoms with Crippen LogP contribution >= 0.6 is 23.2 Å². The van der Waals surface area contributed by atoms with E-state index in [0.29, 0.717) is 22.4 Å². The van der Waals surface area contributed by atoms with Gasteiger partial charge in [0, 0.05) is 39.6 Å². The average molecular weight is 282 g/mol. The maximum Gasteiger partial charge on any atom is 0.159 e. The SMILES string of the molecule is CCc1nc(-c2cc(Cl)cc(Cl)c2)ncc1CN. The lowest BCUT2D eigenvalue weighted by Crippen LogP contribution is -2.05. The van der Waals surface area contributed by atoms with Gasteiger partial charge in [0.15, 0.2) is 5.82 Å². The van der Waals surface area contributed by atoms with Crippen LogP contribution < -0.4 is 5.73 Å². The second kappa shape index (κ2) is 5.65. The second-order valence-corrected chi connectivity index (χ2v) is 4.75.